The number of aliphatic imine (C=N–C) groups is 1. The molecule has 0 unspecified atom stereocenters. The second kappa shape index (κ2) is 21.9. The van der Waals surface area contributed by atoms with Gasteiger partial charge in [0.25, 0.3) is 0 Å². The maximum absolute atomic E-state index is 13.9. The summed E-state index contributed by atoms with van der Waals surface area (Å²) < 4.78 is 0. The van der Waals surface area contributed by atoms with Gasteiger partial charge in [0.05, 0.1) is 6.04 Å². The fourth-order valence-corrected chi connectivity index (χ4v) is 4.94. The smallest absolute Gasteiger partial charge is 0.326 e. The van der Waals surface area contributed by atoms with E-state index in [0.717, 1.165) is 0 Å². The lowest BCUT2D eigenvalue weighted by Gasteiger charge is -2.26. The highest BCUT2D eigenvalue weighted by Crippen LogP contribution is 2.10. The number of nitrogens with two attached hydrogens (primary N) is 4. The van der Waals surface area contributed by atoms with Crippen LogP contribution in [0.3, 0.4) is 0 Å². The molecule has 0 aliphatic carbocycles. The van der Waals surface area contributed by atoms with E-state index >= 15 is 0 Å². The van der Waals surface area contributed by atoms with Crippen molar-refractivity contribution >= 4 is 47.4 Å². The predicted molar refractivity (Wildman–Crippen MR) is 189 cm³/mol. The van der Waals surface area contributed by atoms with Crippen LogP contribution >= 0.6 is 0 Å². The number of amides is 5. The zero-order valence-corrected chi connectivity index (χ0v) is 28.5. The Morgan fingerprint density at radius 1 is 0.596 bits per heavy atom. The van der Waals surface area contributed by atoms with Crippen molar-refractivity contribution in [3.05, 3.63) is 71.8 Å². The highest BCUT2D eigenvalue weighted by molar-refractivity contribution is 5.95. The van der Waals surface area contributed by atoms with Crippen LogP contribution in [0.15, 0.2) is 65.7 Å². The molecular formula is C34H47N9O9. The molecule has 5 amide bonds. The minimum absolute atomic E-state index is 0.0205. The Hall–Kier alpha value is -6.04. The summed E-state index contributed by atoms with van der Waals surface area (Å²) in [5, 5.41) is 28.8. The highest BCUT2D eigenvalue weighted by atomic mass is 16.4. The van der Waals surface area contributed by atoms with E-state index in [2.05, 4.69) is 26.3 Å². The van der Waals surface area contributed by atoms with Crippen molar-refractivity contribution in [3.8, 4) is 0 Å². The lowest BCUT2D eigenvalue weighted by Crippen LogP contribution is -2.59. The molecule has 0 bridgehead atoms. The molecular weight excluding hydrogens is 678 g/mol. The molecule has 0 saturated heterocycles. The second-order valence-electron chi connectivity index (χ2n) is 12.0. The molecule has 0 aliphatic rings. The largest absolute Gasteiger partial charge is 0.481 e. The SMILES string of the molecule is NC(=O)CC[C@H](NC(=O)[C@H](Cc1ccccc1)NC(=O)[C@H](CCCN=C(N)N)NC(=O)[C@H](Cc1ccccc1)NC(=O)[C@@H](N)CCC(=O)O)C(=O)O. The molecule has 0 radical (unpaired) electrons. The Kier molecular flexibility index (Phi) is 17.8. The summed E-state index contributed by atoms with van der Waals surface area (Å²) in [6, 6.07) is 10.6. The molecule has 2 aromatic carbocycles. The average molecular weight is 726 g/mol. The van der Waals surface area contributed by atoms with E-state index in [9.17, 15) is 38.7 Å². The molecule has 2 rings (SSSR count). The number of hydrogen-bond donors (Lipinski definition) is 10. The third-order valence-corrected chi connectivity index (χ3v) is 7.71. The standard InChI is InChI=1S/C34H47N9O9/c35-22(13-16-28(45)46)29(47)42-25(18-20-8-3-1-4-9-20)31(49)40-23(12-7-17-39-34(37)38)30(48)43-26(19-21-10-5-2-6-11-21)32(50)41-24(33(51)52)14-15-27(36)44/h1-6,8-11,22-26H,7,12-19,35H2,(H2,36,44)(H,40,49)(H,41,50)(H,42,47)(H,43,48)(H,45,46)(H,51,52)(H4,37,38,39)/t22-,23-,24-,25-,26-/m0/s1. The van der Waals surface area contributed by atoms with E-state index in [-0.39, 0.29) is 63.9 Å². The number of nitrogens with zero attached hydrogens (tertiary/aromatic N) is 1. The van der Waals surface area contributed by atoms with Gasteiger partial charge in [-0.1, -0.05) is 60.7 Å². The molecule has 0 fully saturated rings. The molecule has 0 aliphatic heterocycles. The van der Waals surface area contributed by atoms with Crippen molar-refractivity contribution in [1.29, 1.82) is 0 Å². The van der Waals surface area contributed by atoms with Crippen molar-refractivity contribution in [2.45, 2.75) is 81.6 Å². The van der Waals surface area contributed by atoms with Crippen LogP contribution in [-0.2, 0) is 46.4 Å². The Morgan fingerprint density at radius 3 is 1.52 bits per heavy atom. The molecule has 14 N–H and O–H groups in total. The molecule has 2 aromatic rings. The van der Waals surface area contributed by atoms with Gasteiger partial charge in [-0.3, -0.25) is 33.8 Å². The summed E-state index contributed by atoms with van der Waals surface area (Å²) in [7, 11) is 0. The van der Waals surface area contributed by atoms with Crippen LogP contribution in [-0.4, -0.2) is 94.4 Å². The van der Waals surface area contributed by atoms with Crippen molar-refractivity contribution < 1.29 is 43.8 Å². The molecule has 52 heavy (non-hydrogen) atoms. The number of nitrogens with one attached hydrogen (secondary N) is 4. The van der Waals surface area contributed by atoms with Crippen molar-refractivity contribution in [1.82, 2.24) is 21.3 Å². The van der Waals surface area contributed by atoms with Crippen molar-refractivity contribution in [2.75, 3.05) is 6.54 Å². The number of hydrogen-bond acceptors (Lipinski definition) is 9. The number of benzene rings is 2. The van der Waals surface area contributed by atoms with Gasteiger partial charge in [-0.25, -0.2) is 4.79 Å². The Bertz CT molecular complexity index is 1550. The third kappa shape index (κ3) is 16.1. The van der Waals surface area contributed by atoms with Gasteiger partial charge in [0, 0.05) is 32.2 Å². The van der Waals surface area contributed by atoms with E-state index in [1.54, 1.807) is 60.7 Å². The van der Waals surface area contributed by atoms with Gasteiger partial charge in [-0.05, 0) is 36.8 Å². The number of guanidine groups is 1. The number of carboxylic acid groups (broad SMARTS) is 2. The minimum atomic E-state index is -1.49. The van der Waals surface area contributed by atoms with E-state index in [1.807, 2.05) is 0 Å². The van der Waals surface area contributed by atoms with E-state index < -0.39 is 71.7 Å². The van der Waals surface area contributed by atoms with Gasteiger partial charge in [-0.15, -0.1) is 0 Å². The Labute approximate surface area is 300 Å². The first-order valence-electron chi connectivity index (χ1n) is 16.5. The number of carbonyl (C=O) groups is 7. The summed E-state index contributed by atoms with van der Waals surface area (Å²) in [6.07, 6.45) is -1.11. The summed E-state index contributed by atoms with van der Waals surface area (Å²) in [6.45, 7) is 0.0820. The first-order chi connectivity index (χ1) is 24.7. The molecule has 0 heterocycles. The number of aliphatic carboxylic acids is 2. The van der Waals surface area contributed by atoms with Gasteiger partial charge in [0.1, 0.15) is 24.2 Å². The predicted octanol–water partition coefficient (Wildman–Crippen LogP) is -1.99. The summed E-state index contributed by atoms with van der Waals surface area (Å²) in [5.74, 6) is -6.79. The quantitative estimate of drug-likeness (QED) is 0.0338. The van der Waals surface area contributed by atoms with E-state index in [1.165, 1.54) is 0 Å². The van der Waals surface area contributed by atoms with Crippen LogP contribution in [0.4, 0.5) is 0 Å². The lowest BCUT2D eigenvalue weighted by atomic mass is 10.0. The van der Waals surface area contributed by atoms with E-state index in [0.29, 0.717) is 11.1 Å². The van der Waals surface area contributed by atoms with Gasteiger partial charge in [0.2, 0.25) is 29.5 Å². The first kappa shape index (κ1) is 42.1. The fourth-order valence-electron chi connectivity index (χ4n) is 4.94. The normalized spacial score (nSPS) is 13.6. The summed E-state index contributed by atoms with van der Waals surface area (Å²) in [4.78, 5) is 92.1. The molecule has 18 nitrogen and oxygen atoms in total. The monoisotopic (exact) mass is 725 g/mol. The van der Waals surface area contributed by atoms with Crippen LogP contribution in [0, 0.1) is 0 Å². The van der Waals surface area contributed by atoms with E-state index in [4.69, 9.17) is 28.0 Å². The third-order valence-electron chi connectivity index (χ3n) is 7.71. The van der Waals surface area contributed by atoms with Crippen LogP contribution < -0.4 is 44.2 Å². The molecule has 282 valence electrons. The average Bonchev–Trinajstić information content (AvgIpc) is 3.09. The minimum Gasteiger partial charge on any atom is -0.481 e. The van der Waals surface area contributed by atoms with Crippen LogP contribution in [0.2, 0.25) is 0 Å². The first-order valence-corrected chi connectivity index (χ1v) is 16.5. The molecule has 0 spiro atoms. The topological polar surface area (TPSA) is 325 Å². The van der Waals surface area contributed by atoms with Gasteiger partial charge in [0.15, 0.2) is 5.96 Å². The van der Waals surface area contributed by atoms with Crippen LogP contribution in [0.1, 0.15) is 49.7 Å². The zero-order chi connectivity index (χ0) is 38.6. The zero-order valence-electron chi connectivity index (χ0n) is 28.5. The maximum Gasteiger partial charge on any atom is 0.326 e. The fraction of sp³-hybridized carbons (Fsp3) is 0.412. The highest BCUT2D eigenvalue weighted by Gasteiger charge is 2.32. The molecule has 5 atom stereocenters. The number of primary amides is 1. The lowest BCUT2D eigenvalue weighted by molar-refractivity contribution is -0.142. The van der Waals surface area contributed by atoms with Crippen molar-refractivity contribution in [2.24, 2.45) is 27.9 Å². The Morgan fingerprint density at radius 2 is 1.06 bits per heavy atom. The summed E-state index contributed by atoms with van der Waals surface area (Å²) in [5.41, 5.74) is 23.2. The van der Waals surface area contributed by atoms with Gasteiger partial charge >= 0.3 is 11.9 Å². The second-order valence-corrected chi connectivity index (χ2v) is 12.0. The van der Waals surface area contributed by atoms with Crippen LogP contribution in [0.25, 0.3) is 0 Å². The molecule has 0 aromatic heterocycles. The van der Waals surface area contributed by atoms with Crippen molar-refractivity contribution in [3.63, 3.8) is 0 Å². The molecule has 0 saturated carbocycles. The Balaban J connectivity index is 2.39. The van der Waals surface area contributed by atoms with Crippen LogP contribution in [0.5, 0.6) is 0 Å². The molecule has 18 heteroatoms. The maximum atomic E-state index is 13.9. The van der Waals surface area contributed by atoms with Gasteiger partial charge in [-0.2, -0.15) is 0 Å². The summed E-state index contributed by atoms with van der Waals surface area (Å²) >= 11 is 0. The number of carbonyl (C=O) groups excluding carboxylic acids is 5. The number of carboxylic acids is 2. The number of rotatable bonds is 23. The van der Waals surface area contributed by atoms with Gasteiger partial charge < -0.3 is 54.4 Å².